The Morgan fingerprint density at radius 1 is 1.12 bits per heavy atom. The Morgan fingerprint density at radius 3 is 2.46 bits per heavy atom. The molecule has 2 aromatic rings. The van der Waals surface area contributed by atoms with Crippen LogP contribution in [-0.2, 0) is 16.6 Å². The summed E-state index contributed by atoms with van der Waals surface area (Å²) in [5, 5.41) is 0. The van der Waals surface area contributed by atoms with Crippen molar-refractivity contribution in [2.75, 3.05) is 32.8 Å². The molecule has 1 aliphatic rings. The average molecular weight is 440 g/mol. The molecule has 0 amide bonds. The molecule has 0 spiro atoms. The van der Waals surface area contributed by atoms with Gasteiger partial charge in [-0.2, -0.15) is 4.31 Å². The first-order valence-electron chi connectivity index (χ1n) is 8.54. The van der Waals surface area contributed by atoms with Crippen molar-refractivity contribution in [1.82, 2.24) is 14.2 Å². The van der Waals surface area contributed by atoms with E-state index in [1.54, 1.807) is 34.9 Å². The van der Waals surface area contributed by atoms with Crippen LogP contribution < -0.4 is 4.74 Å². The van der Waals surface area contributed by atoms with E-state index in [2.05, 4.69) is 25.8 Å². The highest BCUT2D eigenvalue weighted by Crippen LogP contribution is 2.30. The standard InChI is InChI=1S/C18H22BrN3O3S/c1-2-25-17-4-3-16(19)13-18(17)26(23,24)22-11-9-21(10-12-22)14-15-5-7-20-8-6-15/h3-8,13H,2,9-12,14H2,1H3. The minimum absolute atomic E-state index is 0.219. The molecular formula is C18H22BrN3O3S. The largest absolute Gasteiger partial charge is 0.492 e. The van der Waals surface area contributed by atoms with Crippen molar-refractivity contribution in [3.63, 3.8) is 0 Å². The monoisotopic (exact) mass is 439 g/mol. The van der Waals surface area contributed by atoms with Crippen LogP contribution in [0.2, 0.25) is 0 Å². The number of rotatable bonds is 6. The number of aromatic nitrogens is 1. The fraction of sp³-hybridized carbons (Fsp3) is 0.389. The molecule has 140 valence electrons. The lowest BCUT2D eigenvalue weighted by atomic mass is 10.2. The first-order chi connectivity index (χ1) is 12.5. The highest BCUT2D eigenvalue weighted by molar-refractivity contribution is 9.10. The second-order valence-corrected chi connectivity index (χ2v) is 8.88. The van der Waals surface area contributed by atoms with Gasteiger partial charge in [0.15, 0.2) is 0 Å². The zero-order chi connectivity index (χ0) is 18.6. The van der Waals surface area contributed by atoms with Crippen LogP contribution in [0.1, 0.15) is 12.5 Å². The number of hydrogen-bond donors (Lipinski definition) is 0. The van der Waals surface area contributed by atoms with Crippen molar-refractivity contribution in [2.24, 2.45) is 0 Å². The number of ether oxygens (including phenoxy) is 1. The van der Waals surface area contributed by atoms with Crippen LogP contribution in [0.3, 0.4) is 0 Å². The molecule has 0 aliphatic carbocycles. The molecule has 1 fully saturated rings. The number of benzene rings is 1. The molecule has 0 N–H and O–H groups in total. The Kier molecular flexibility index (Phi) is 6.29. The van der Waals surface area contributed by atoms with Crippen LogP contribution in [0, 0.1) is 0 Å². The second kappa shape index (κ2) is 8.47. The lowest BCUT2D eigenvalue weighted by Crippen LogP contribution is -2.48. The fourth-order valence-electron chi connectivity index (χ4n) is 2.97. The molecule has 0 atom stereocenters. The van der Waals surface area contributed by atoms with Crippen molar-refractivity contribution < 1.29 is 13.2 Å². The van der Waals surface area contributed by atoms with Crippen LogP contribution in [-0.4, -0.2) is 55.4 Å². The van der Waals surface area contributed by atoms with Crippen molar-refractivity contribution >= 4 is 26.0 Å². The molecule has 3 rings (SSSR count). The maximum atomic E-state index is 13.1. The summed E-state index contributed by atoms with van der Waals surface area (Å²) in [6.07, 6.45) is 3.55. The molecule has 0 radical (unpaired) electrons. The van der Waals surface area contributed by atoms with Gasteiger partial charge in [0.1, 0.15) is 10.6 Å². The number of nitrogens with zero attached hydrogens (tertiary/aromatic N) is 3. The van der Waals surface area contributed by atoms with Crippen molar-refractivity contribution in [1.29, 1.82) is 0 Å². The van der Waals surface area contributed by atoms with Crippen LogP contribution in [0.4, 0.5) is 0 Å². The molecule has 0 unspecified atom stereocenters. The third-order valence-corrected chi connectivity index (χ3v) is 6.72. The van der Waals surface area contributed by atoms with Crippen LogP contribution in [0.5, 0.6) is 5.75 Å². The van der Waals surface area contributed by atoms with E-state index in [1.165, 1.54) is 5.56 Å². The Bertz CT molecular complexity index is 838. The highest BCUT2D eigenvalue weighted by Gasteiger charge is 2.31. The Labute approximate surface area is 163 Å². The SMILES string of the molecule is CCOc1ccc(Br)cc1S(=O)(=O)N1CCN(Cc2ccncc2)CC1. The van der Waals surface area contributed by atoms with E-state index < -0.39 is 10.0 Å². The predicted molar refractivity (Wildman–Crippen MR) is 104 cm³/mol. The Hall–Kier alpha value is -1.48. The van der Waals surface area contributed by atoms with Gasteiger partial charge in [-0.05, 0) is 42.8 Å². The number of hydrogen-bond acceptors (Lipinski definition) is 5. The van der Waals surface area contributed by atoms with Gasteiger partial charge in [0.05, 0.1) is 6.61 Å². The summed E-state index contributed by atoms with van der Waals surface area (Å²) in [7, 11) is -3.59. The van der Waals surface area contributed by atoms with Gasteiger partial charge in [-0.25, -0.2) is 8.42 Å². The van der Waals surface area contributed by atoms with E-state index in [0.29, 0.717) is 38.5 Å². The third kappa shape index (κ3) is 4.43. The quantitative estimate of drug-likeness (QED) is 0.692. The lowest BCUT2D eigenvalue weighted by molar-refractivity contribution is 0.181. The van der Waals surface area contributed by atoms with Crippen molar-refractivity contribution in [3.05, 3.63) is 52.8 Å². The van der Waals surface area contributed by atoms with E-state index in [4.69, 9.17) is 4.74 Å². The van der Waals surface area contributed by atoms with Gasteiger partial charge in [-0.3, -0.25) is 9.88 Å². The fourth-order valence-corrected chi connectivity index (χ4v) is 5.06. The van der Waals surface area contributed by atoms with Gasteiger partial charge in [0.2, 0.25) is 10.0 Å². The second-order valence-electron chi connectivity index (χ2n) is 6.06. The first kappa shape index (κ1) is 19.3. The first-order valence-corrected chi connectivity index (χ1v) is 10.8. The summed E-state index contributed by atoms with van der Waals surface area (Å²) in [6.45, 7) is 5.38. The van der Waals surface area contributed by atoms with Gasteiger partial charge in [0, 0.05) is 49.6 Å². The van der Waals surface area contributed by atoms with E-state index in [-0.39, 0.29) is 4.90 Å². The van der Waals surface area contributed by atoms with Crippen LogP contribution >= 0.6 is 15.9 Å². The third-order valence-electron chi connectivity index (χ3n) is 4.31. The maximum absolute atomic E-state index is 13.1. The minimum Gasteiger partial charge on any atom is -0.492 e. The number of halogens is 1. The molecule has 6 nitrogen and oxygen atoms in total. The van der Waals surface area contributed by atoms with E-state index in [0.717, 1.165) is 11.0 Å². The summed E-state index contributed by atoms with van der Waals surface area (Å²) < 4.78 is 34.0. The molecular weight excluding hydrogens is 418 g/mol. The lowest BCUT2D eigenvalue weighted by Gasteiger charge is -2.34. The summed E-state index contributed by atoms with van der Waals surface area (Å²) in [4.78, 5) is 6.50. The van der Waals surface area contributed by atoms with Crippen molar-refractivity contribution in [3.8, 4) is 5.75 Å². The zero-order valence-corrected chi connectivity index (χ0v) is 17.0. The van der Waals surface area contributed by atoms with Crippen LogP contribution in [0.15, 0.2) is 52.1 Å². The van der Waals surface area contributed by atoms with Gasteiger partial charge in [0.25, 0.3) is 0 Å². The summed E-state index contributed by atoms with van der Waals surface area (Å²) in [5.41, 5.74) is 1.18. The highest BCUT2D eigenvalue weighted by atomic mass is 79.9. The van der Waals surface area contributed by atoms with Gasteiger partial charge >= 0.3 is 0 Å². The molecule has 1 aromatic carbocycles. The normalized spacial score (nSPS) is 16.5. The van der Waals surface area contributed by atoms with Crippen molar-refractivity contribution in [2.45, 2.75) is 18.4 Å². The molecule has 0 bridgehead atoms. The summed E-state index contributed by atoms with van der Waals surface area (Å²) in [5.74, 6) is 0.398. The predicted octanol–water partition coefficient (Wildman–Crippen LogP) is 2.75. The van der Waals surface area contributed by atoms with E-state index in [1.807, 2.05) is 19.1 Å². The molecule has 8 heteroatoms. The molecule has 0 saturated carbocycles. The molecule has 1 aromatic heterocycles. The zero-order valence-electron chi connectivity index (χ0n) is 14.6. The molecule has 1 aliphatic heterocycles. The maximum Gasteiger partial charge on any atom is 0.246 e. The van der Waals surface area contributed by atoms with E-state index >= 15 is 0 Å². The van der Waals surface area contributed by atoms with E-state index in [9.17, 15) is 8.42 Å². The molecule has 2 heterocycles. The summed E-state index contributed by atoms with van der Waals surface area (Å²) in [6, 6.07) is 9.07. The van der Waals surface area contributed by atoms with Gasteiger partial charge in [-0.1, -0.05) is 15.9 Å². The average Bonchev–Trinajstić information content (AvgIpc) is 2.64. The Morgan fingerprint density at radius 2 is 1.81 bits per heavy atom. The number of pyridine rings is 1. The van der Waals surface area contributed by atoms with Gasteiger partial charge in [-0.15, -0.1) is 0 Å². The van der Waals surface area contributed by atoms with Gasteiger partial charge < -0.3 is 4.74 Å². The number of piperazine rings is 1. The van der Waals surface area contributed by atoms with Crippen LogP contribution in [0.25, 0.3) is 0 Å². The minimum atomic E-state index is -3.59. The summed E-state index contributed by atoms with van der Waals surface area (Å²) >= 11 is 3.36. The number of sulfonamides is 1. The Balaban J connectivity index is 1.71. The smallest absolute Gasteiger partial charge is 0.246 e. The molecule has 26 heavy (non-hydrogen) atoms. The molecule has 1 saturated heterocycles. The topological polar surface area (TPSA) is 62.7 Å².